The number of aromatic nitrogens is 2. The van der Waals surface area contributed by atoms with E-state index < -0.39 is 0 Å². The van der Waals surface area contributed by atoms with Crippen molar-refractivity contribution in [3.8, 4) is 34.4 Å². The molecule has 0 saturated heterocycles. The first-order valence-electron chi connectivity index (χ1n) is 21.4. The topological polar surface area (TPSA) is 102 Å². The van der Waals surface area contributed by atoms with Crippen LogP contribution in [0.5, 0.6) is 11.5 Å². The molecule has 2 atom stereocenters. The zero-order valence-electron chi connectivity index (χ0n) is 35.9. The van der Waals surface area contributed by atoms with E-state index in [0.29, 0.717) is 11.8 Å². The number of benzene rings is 7. The molecule has 2 aromatic heterocycles. The summed E-state index contributed by atoms with van der Waals surface area (Å²) in [5, 5.41) is 14.8. The molecule has 2 unspecified atom stereocenters. The normalized spacial score (nSPS) is 16.1. The van der Waals surface area contributed by atoms with Gasteiger partial charge >= 0.3 is 0 Å². The molecule has 10 nitrogen and oxygen atoms in total. The van der Waals surface area contributed by atoms with Gasteiger partial charge in [0.1, 0.15) is 22.5 Å². The molecule has 0 N–H and O–H groups in total. The third kappa shape index (κ3) is 7.32. The lowest BCUT2D eigenvalue weighted by molar-refractivity contribution is 0.414. The second-order valence-electron chi connectivity index (χ2n) is 16.4. The molecular formula is C54H44N6O4. The molecule has 0 bridgehead atoms. The third-order valence-corrected chi connectivity index (χ3v) is 12.2. The highest BCUT2D eigenvalue weighted by atomic mass is 16.5. The molecule has 9 aromatic rings. The number of oxazole rings is 2. The van der Waals surface area contributed by atoms with Crippen molar-refractivity contribution in [2.75, 3.05) is 24.2 Å². The second-order valence-corrected chi connectivity index (χ2v) is 16.4. The first-order valence-corrected chi connectivity index (χ1v) is 21.4. The number of aryl methyl sites for hydroxylation is 2. The Balaban J connectivity index is 0.904. The molecule has 0 saturated carbocycles. The maximum atomic E-state index is 6.14. The van der Waals surface area contributed by atoms with E-state index in [4.69, 9.17) is 38.5 Å². The number of anilines is 2. The molecule has 0 aliphatic carbocycles. The fourth-order valence-corrected chi connectivity index (χ4v) is 8.71. The zero-order chi connectivity index (χ0) is 43.3. The summed E-state index contributed by atoms with van der Waals surface area (Å²) in [6, 6.07) is 53.9. The van der Waals surface area contributed by atoms with Crippen molar-refractivity contribution in [1.29, 1.82) is 0 Å². The van der Waals surface area contributed by atoms with Gasteiger partial charge in [-0.15, -0.1) is 0 Å². The SMILES string of the molecule is COc1ccc(C2=NN(c3ccc(-c4nc5cc(C)ccc5o4)cc3)C(c3ccc(C4CC(c5ccc(OC)cc5)=NN4c4ccc(-c5nc6cc(C)ccc6o5)cc4)cc3)C2)cc1. The van der Waals surface area contributed by atoms with Crippen molar-refractivity contribution >= 4 is 45.0 Å². The predicted molar refractivity (Wildman–Crippen MR) is 254 cm³/mol. The fourth-order valence-electron chi connectivity index (χ4n) is 8.71. The van der Waals surface area contributed by atoms with E-state index in [0.717, 1.165) is 114 Å². The third-order valence-electron chi connectivity index (χ3n) is 12.2. The van der Waals surface area contributed by atoms with Crippen LogP contribution in [0.25, 0.3) is 45.1 Å². The van der Waals surface area contributed by atoms with Gasteiger partial charge in [-0.1, -0.05) is 36.4 Å². The van der Waals surface area contributed by atoms with Crippen LogP contribution in [0, 0.1) is 13.8 Å². The maximum absolute atomic E-state index is 6.14. The fraction of sp³-hybridized carbons (Fsp3) is 0.148. The number of fused-ring (bicyclic) bond motifs is 2. The molecule has 64 heavy (non-hydrogen) atoms. The van der Waals surface area contributed by atoms with Gasteiger partial charge in [0, 0.05) is 24.0 Å². The summed E-state index contributed by atoms with van der Waals surface area (Å²) in [7, 11) is 3.37. The largest absolute Gasteiger partial charge is 0.497 e. The Morgan fingerprint density at radius 3 is 1.20 bits per heavy atom. The molecule has 2 aliphatic rings. The molecule has 0 amide bonds. The van der Waals surface area contributed by atoms with Crippen molar-refractivity contribution in [2.24, 2.45) is 10.2 Å². The summed E-state index contributed by atoms with van der Waals surface area (Å²) in [4.78, 5) is 9.56. The van der Waals surface area contributed by atoms with Crippen LogP contribution in [0.1, 0.15) is 58.3 Å². The molecule has 0 radical (unpaired) electrons. The minimum atomic E-state index is -0.0431. The van der Waals surface area contributed by atoms with Crippen LogP contribution in [0.2, 0.25) is 0 Å². The standard InChI is InChI=1S/C54H44N6O4/c1-33-5-27-51-47(29-33)55-53(63-51)39-11-19-41(20-12-39)59-49(31-45(57-59)35-15-23-43(61-3)24-16-35)37-7-9-38(10-8-37)50-32-46(36-17-25-44(62-4)26-18-36)58-60(50)42-21-13-40(14-22-42)54-56-48-30-34(2)6-28-52(48)64-54/h5-30,49-50H,31-32H2,1-4H3. The number of hydrogen-bond donors (Lipinski definition) is 0. The molecule has 7 aromatic carbocycles. The van der Waals surface area contributed by atoms with Crippen molar-refractivity contribution in [1.82, 2.24) is 9.97 Å². The Labute approximate surface area is 370 Å². The van der Waals surface area contributed by atoms with Crippen molar-refractivity contribution in [2.45, 2.75) is 38.8 Å². The van der Waals surface area contributed by atoms with Crippen LogP contribution in [0.15, 0.2) is 177 Å². The zero-order valence-corrected chi connectivity index (χ0v) is 35.9. The maximum Gasteiger partial charge on any atom is 0.227 e. The minimum Gasteiger partial charge on any atom is -0.497 e. The molecule has 10 heteroatoms. The van der Waals surface area contributed by atoms with Crippen LogP contribution >= 0.6 is 0 Å². The predicted octanol–water partition coefficient (Wildman–Crippen LogP) is 12.6. The Hall–Kier alpha value is -7.98. The average molecular weight is 841 g/mol. The van der Waals surface area contributed by atoms with Gasteiger partial charge in [-0.2, -0.15) is 10.2 Å². The quantitative estimate of drug-likeness (QED) is 0.134. The summed E-state index contributed by atoms with van der Waals surface area (Å²) in [6.45, 7) is 4.12. The summed E-state index contributed by atoms with van der Waals surface area (Å²) in [6.07, 6.45) is 1.45. The lowest BCUT2D eigenvalue weighted by Crippen LogP contribution is -2.20. The molecule has 4 heterocycles. The number of rotatable bonds is 10. The molecule has 0 spiro atoms. The highest BCUT2D eigenvalue weighted by Gasteiger charge is 2.33. The van der Waals surface area contributed by atoms with Gasteiger partial charge in [0.2, 0.25) is 11.8 Å². The van der Waals surface area contributed by atoms with Crippen LogP contribution in [0.4, 0.5) is 11.4 Å². The van der Waals surface area contributed by atoms with Crippen LogP contribution in [0.3, 0.4) is 0 Å². The van der Waals surface area contributed by atoms with Gasteiger partial charge in [0.05, 0.1) is 49.1 Å². The van der Waals surface area contributed by atoms with Crippen molar-refractivity contribution in [3.05, 3.63) is 191 Å². The second kappa shape index (κ2) is 16.0. The van der Waals surface area contributed by atoms with E-state index in [1.54, 1.807) is 14.2 Å². The Morgan fingerprint density at radius 2 is 0.828 bits per heavy atom. The Morgan fingerprint density at radius 1 is 0.453 bits per heavy atom. The van der Waals surface area contributed by atoms with E-state index in [2.05, 4.69) is 121 Å². The van der Waals surface area contributed by atoms with E-state index >= 15 is 0 Å². The van der Waals surface area contributed by atoms with Gasteiger partial charge in [-0.05, 0) is 169 Å². The summed E-state index contributed by atoms with van der Waals surface area (Å²) in [5.41, 5.74) is 15.8. The molecule has 11 rings (SSSR count). The van der Waals surface area contributed by atoms with Gasteiger partial charge in [0.25, 0.3) is 0 Å². The Bertz CT molecular complexity index is 2990. The van der Waals surface area contributed by atoms with Crippen molar-refractivity contribution in [3.63, 3.8) is 0 Å². The van der Waals surface area contributed by atoms with Gasteiger partial charge in [0.15, 0.2) is 11.2 Å². The number of hydrazone groups is 2. The van der Waals surface area contributed by atoms with Crippen molar-refractivity contribution < 1.29 is 18.3 Å². The summed E-state index contributed by atoms with van der Waals surface area (Å²) >= 11 is 0. The smallest absolute Gasteiger partial charge is 0.227 e. The number of nitrogens with zero attached hydrogens (tertiary/aromatic N) is 6. The molecule has 0 fully saturated rings. The van der Waals surface area contributed by atoms with Gasteiger partial charge in [-0.3, -0.25) is 10.0 Å². The minimum absolute atomic E-state index is 0.0431. The average Bonchev–Trinajstić information content (AvgIpc) is 4.17. The highest BCUT2D eigenvalue weighted by molar-refractivity contribution is 6.04. The van der Waals surface area contributed by atoms with Crippen LogP contribution < -0.4 is 19.5 Å². The molecule has 314 valence electrons. The number of methoxy groups -OCH3 is 2. The lowest BCUT2D eigenvalue weighted by atomic mass is 9.94. The van der Waals surface area contributed by atoms with Crippen LogP contribution in [-0.4, -0.2) is 35.6 Å². The Kier molecular flexibility index (Phi) is 9.76. The number of hydrogen-bond acceptors (Lipinski definition) is 10. The van der Waals surface area contributed by atoms with Gasteiger partial charge in [-0.25, -0.2) is 9.97 Å². The summed E-state index contributed by atoms with van der Waals surface area (Å²) < 4.78 is 23.2. The monoisotopic (exact) mass is 840 g/mol. The van der Waals surface area contributed by atoms with E-state index in [9.17, 15) is 0 Å². The van der Waals surface area contributed by atoms with E-state index in [-0.39, 0.29) is 12.1 Å². The molecule has 2 aliphatic heterocycles. The van der Waals surface area contributed by atoms with Gasteiger partial charge < -0.3 is 18.3 Å². The first-order chi connectivity index (χ1) is 31.3. The summed E-state index contributed by atoms with van der Waals surface area (Å²) in [5.74, 6) is 2.81. The van der Waals surface area contributed by atoms with E-state index in [1.807, 2.05) is 60.7 Å². The van der Waals surface area contributed by atoms with E-state index in [1.165, 1.54) is 0 Å². The number of ether oxygens (including phenoxy) is 2. The molecular weight excluding hydrogens is 797 g/mol. The van der Waals surface area contributed by atoms with Crippen LogP contribution in [-0.2, 0) is 0 Å². The lowest BCUT2D eigenvalue weighted by Gasteiger charge is -2.26. The first kappa shape index (κ1) is 38.9. The highest BCUT2D eigenvalue weighted by Crippen LogP contribution is 2.41.